The summed E-state index contributed by atoms with van der Waals surface area (Å²) in [5, 5.41) is 8.94. The summed E-state index contributed by atoms with van der Waals surface area (Å²) in [5.74, 6) is -0.396. The van der Waals surface area contributed by atoms with Crippen molar-refractivity contribution in [3.63, 3.8) is 0 Å². The Balaban J connectivity index is 1.88. The summed E-state index contributed by atoms with van der Waals surface area (Å²) in [5.41, 5.74) is 1.65. The van der Waals surface area contributed by atoms with E-state index < -0.39 is 15.8 Å². The van der Waals surface area contributed by atoms with Crippen LogP contribution in [0.2, 0.25) is 0 Å². The molecule has 0 spiro atoms. The summed E-state index contributed by atoms with van der Waals surface area (Å²) in [6.07, 6.45) is 2.32. The van der Waals surface area contributed by atoms with Crippen molar-refractivity contribution in [1.82, 2.24) is 9.55 Å². The minimum Gasteiger partial charge on any atom is -0.478 e. The fraction of sp³-hybridized carbons (Fsp3) is 0.385. The van der Waals surface area contributed by atoms with Crippen LogP contribution in [0.4, 0.5) is 0 Å². The van der Waals surface area contributed by atoms with Crippen molar-refractivity contribution < 1.29 is 18.3 Å². The minimum atomic E-state index is -2.88. The average Bonchev–Trinajstić information content (AvgIpc) is 2.93. The molecule has 6 nitrogen and oxygen atoms in total. The first kappa shape index (κ1) is 13.1. The molecule has 1 atom stereocenters. The van der Waals surface area contributed by atoms with E-state index in [0.29, 0.717) is 18.5 Å². The predicted octanol–water partition coefficient (Wildman–Crippen LogP) is 1.17. The summed E-state index contributed by atoms with van der Waals surface area (Å²) < 4.78 is 24.8. The van der Waals surface area contributed by atoms with Gasteiger partial charge in [-0.25, -0.2) is 18.2 Å². The van der Waals surface area contributed by atoms with E-state index in [1.165, 1.54) is 12.1 Å². The Morgan fingerprint density at radius 1 is 1.45 bits per heavy atom. The Kier molecular flexibility index (Phi) is 3.01. The molecule has 3 rings (SSSR count). The second-order valence-electron chi connectivity index (χ2n) is 5.17. The van der Waals surface area contributed by atoms with E-state index >= 15 is 0 Å². The van der Waals surface area contributed by atoms with Crippen molar-refractivity contribution in [1.29, 1.82) is 0 Å². The maximum Gasteiger partial charge on any atom is 0.335 e. The van der Waals surface area contributed by atoms with Crippen molar-refractivity contribution in [3.05, 3.63) is 30.1 Å². The Hall–Kier alpha value is -1.89. The van der Waals surface area contributed by atoms with Gasteiger partial charge in [0.2, 0.25) is 0 Å². The van der Waals surface area contributed by atoms with Crippen LogP contribution < -0.4 is 0 Å². The number of aromatic carboxylic acids is 1. The molecule has 106 valence electrons. The predicted molar refractivity (Wildman–Crippen MR) is 73.5 cm³/mol. The Morgan fingerprint density at radius 3 is 2.90 bits per heavy atom. The van der Waals surface area contributed by atoms with Gasteiger partial charge < -0.3 is 9.67 Å². The lowest BCUT2D eigenvalue weighted by molar-refractivity contribution is 0.0697. The molecular formula is C13H14N2O4S. The van der Waals surface area contributed by atoms with Crippen LogP contribution in [0.5, 0.6) is 0 Å². The number of aromatic nitrogens is 2. The van der Waals surface area contributed by atoms with Crippen LogP contribution in [0.25, 0.3) is 11.0 Å². The van der Waals surface area contributed by atoms with E-state index in [-0.39, 0.29) is 23.0 Å². The minimum absolute atomic E-state index is 0.108. The zero-order chi connectivity index (χ0) is 14.3. The lowest BCUT2D eigenvalue weighted by Crippen LogP contribution is -2.11. The van der Waals surface area contributed by atoms with Gasteiger partial charge in [-0.1, -0.05) is 0 Å². The van der Waals surface area contributed by atoms with Gasteiger partial charge in [0.25, 0.3) is 0 Å². The van der Waals surface area contributed by atoms with Crippen molar-refractivity contribution >= 4 is 26.8 Å². The number of rotatable bonds is 3. The third-order valence-corrected chi connectivity index (χ3v) is 5.49. The molecular weight excluding hydrogens is 280 g/mol. The Morgan fingerprint density at radius 2 is 2.25 bits per heavy atom. The van der Waals surface area contributed by atoms with Crippen LogP contribution >= 0.6 is 0 Å². The Labute approximate surface area is 116 Å². The Bertz CT molecular complexity index is 779. The number of benzene rings is 1. The summed E-state index contributed by atoms with van der Waals surface area (Å²) in [6.45, 7) is 0.599. The third-order valence-electron chi connectivity index (χ3n) is 3.65. The number of carbonyl (C=O) groups is 1. The van der Waals surface area contributed by atoms with Gasteiger partial charge in [0.05, 0.1) is 34.4 Å². The van der Waals surface area contributed by atoms with Gasteiger partial charge in [-0.3, -0.25) is 0 Å². The first-order valence-electron chi connectivity index (χ1n) is 6.33. The second-order valence-corrected chi connectivity index (χ2v) is 7.40. The number of carboxylic acids is 1. The molecule has 1 aliphatic rings. The lowest BCUT2D eigenvalue weighted by atomic mass is 10.1. The van der Waals surface area contributed by atoms with Crippen LogP contribution in [-0.2, 0) is 16.4 Å². The highest BCUT2D eigenvalue weighted by Gasteiger charge is 2.28. The lowest BCUT2D eigenvalue weighted by Gasteiger charge is -2.09. The van der Waals surface area contributed by atoms with Crippen molar-refractivity contribution in [3.8, 4) is 0 Å². The standard InChI is InChI=1S/C13H14N2O4S/c16-13(17)10-1-2-12-11(5-10)14-8-15(12)6-9-3-4-20(18,19)7-9/h1-2,5,8-9H,3-4,6-7H2,(H,16,17). The molecule has 0 amide bonds. The van der Waals surface area contributed by atoms with Crippen LogP contribution in [0.1, 0.15) is 16.8 Å². The van der Waals surface area contributed by atoms with Crippen molar-refractivity contribution in [2.75, 3.05) is 11.5 Å². The van der Waals surface area contributed by atoms with Gasteiger partial charge in [0, 0.05) is 6.54 Å². The van der Waals surface area contributed by atoms with E-state index in [4.69, 9.17) is 5.11 Å². The highest BCUT2D eigenvalue weighted by atomic mass is 32.2. The second kappa shape index (κ2) is 4.59. The smallest absolute Gasteiger partial charge is 0.335 e. The van der Waals surface area contributed by atoms with E-state index in [1.54, 1.807) is 12.4 Å². The molecule has 1 saturated heterocycles. The molecule has 0 radical (unpaired) electrons. The van der Waals surface area contributed by atoms with Crippen LogP contribution in [0.3, 0.4) is 0 Å². The highest BCUT2D eigenvalue weighted by Crippen LogP contribution is 2.23. The molecule has 1 fully saturated rings. The van der Waals surface area contributed by atoms with Gasteiger partial charge >= 0.3 is 5.97 Å². The molecule has 1 unspecified atom stereocenters. The molecule has 2 aromatic rings. The van der Waals surface area contributed by atoms with Crippen LogP contribution in [0.15, 0.2) is 24.5 Å². The number of carboxylic acid groups (broad SMARTS) is 1. The summed E-state index contributed by atoms with van der Waals surface area (Å²) in [7, 11) is -2.88. The number of hydrogen-bond acceptors (Lipinski definition) is 4. The van der Waals surface area contributed by atoms with Gasteiger partial charge in [0.15, 0.2) is 9.84 Å². The topological polar surface area (TPSA) is 89.3 Å². The van der Waals surface area contributed by atoms with Crippen molar-refractivity contribution in [2.24, 2.45) is 5.92 Å². The third kappa shape index (κ3) is 2.40. The average molecular weight is 294 g/mol. The summed E-state index contributed by atoms with van der Waals surface area (Å²) in [4.78, 5) is 15.1. The largest absolute Gasteiger partial charge is 0.478 e. The molecule has 0 saturated carbocycles. The van der Waals surface area contributed by atoms with Gasteiger partial charge in [0.1, 0.15) is 0 Å². The number of sulfone groups is 1. The number of nitrogens with zero attached hydrogens (tertiary/aromatic N) is 2. The van der Waals surface area contributed by atoms with Gasteiger partial charge in [-0.2, -0.15) is 0 Å². The van der Waals surface area contributed by atoms with E-state index in [9.17, 15) is 13.2 Å². The molecule has 7 heteroatoms. The molecule has 2 heterocycles. The molecule has 1 N–H and O–H groups in total. The highest BCUT2D eigenvalue weighted by molar-refractivity contribution is 7.91. The SMILES string of the molecule is O=C(O)c1ccc2c(c1)ncn2CC1CCS(=O)(=O)C1. The molecule has 1 aromatic carbocycles. The number of imidazole rings is 1. The number of hydrogen-bond donors (Lipinski definition) is 1. The van der Waals surface area contributed by atoms with E-state index in [0.717, 1.165) is 5.52 Å². The molecule has 20 heavy (non-hydrogen) atoms. The van der Waals surface area contributed by atoms with E-state index in [2.05, 4.69) is 4.98 Å². The fourth-order valence-corrected chi connectivity index (χ4v) is 4.49. The molecule has 0 aliphatic carbocycles. The zero-order valence-electron chi connectivity index (χ0n) is 10.7. The molecule has 1 aromatic heterocycles. The quantitative estimate of drug-likeness (QED) is 0.917. The maximum absolute atomic E-state index is 11.5. The maximum atomic E-state index is 11.5. The fourth-order valence-electron chi connectivity index (χ4n) is 2.64. The summed E-state index contributed by atoms with van der Waals surface area (Å²) in [6, 6.07) is 4.78. The van der Waals surface area contributed by atoms with Crippen LogP contribution in [-0.4, -0.2) is 40.6 Å². The first-order chi connectivity index (χ1) is 9.44. The van der Waals surface area contributed by atoms with Crippen molar-refractivity contribution in [2.45, 2.75) is 13.0 Å². The van der Waals surface area contributed by atoms with Crippen LogP contribution in [0, 0.1) is 5.92 Å². The molecule has 1 aliphatic heterocycles. The van der Waals surface area contributed by atoms with E-state index in [1.807, 2.05) is 4.57 Å². The first-order valence-corrected chi connectivity index (χ1v) is 8.15. The van der Waals surface area contributed by atoms with Gasteiger partial charge in [-0.05, 0) is 30.5 Å². The normalized spacial score (nSPS) is 21.3. The number of fused-ring (bicyclic) bond motifs is 1. The van der Waals surface area contributed by atoms with Gasteiger partial charge in [-0.15, -0.1) is 0 Å². The molecule has 0 bridgehead atoms. The monoisotopic (exact) mass is 294 g/mol. The zero-order valence-corrected chi connectivity index (χ0v) is 11.5. The summed E-state index contributed by atoms with van der Waals surface area (Å²) >= 11 is 0.